The zero-order valence-electron chi connectivity index (χ0n) is 11.4. The Hall–Kier alpha value is -1.92. The van der Waals surface area contributed by atoms with Gasteiger partial charge in [-0.15, -0.1) is 0 Å². The Kier molecular flexibility index (Phi) is 3.78. The summed E-state index contributed by atoms with van der Waals surface area (Å²) in [5.74, 6) is -0.184. The fourth-order valence-electron chi connectivity index (χ4n) is 1.98. The van der Waals surface area contributed by atoms with Gasteiger partial charge >= 0.3 is 0 Å². The number of nitrogens with two attached hydrogens (primary N) is 1. The molecule has 0 bridgehead atoms. The minimum absolute atomic E-state index is 0.184. The predicted molar refractivity (Wildman–Crippen MR) is 80.3 cm³/mol. The third-order valence-electron chi connectivity index (χ3n) is 3.40. The smallest absolute Gasteiger partial charge is 0.244 e. The molecule has 0 fully saturated rings. The SMILES string of the molecule is CC(C(=N)N)N(C)S(=O)(=O)c1cccc2ccccc12. The molecule has 2 rings (SSSR count). The van der Waals surface area contributed by atoms with Gasteiger partial charge in [0, 0.05) is 12.4 Å². The molecule has 5 nitrogen and oxygen atoms in total. The molecule has 0 heterocycles. The molecule has 1 atom stereocenters. The third kappa shape index (κ3) is 2.39. The fourth-order valence-corrected chi connectivity index (χ4v) is 3.53. The van der Waals surface area contributed by atoms with Crippen molar-refractivity contribution in [2.75, 3.05) is 7.05 Å². The molecule has 3 N–H and O–H groups in total. The van der Waals surface area contributed by atoms with E-state index in [-0.39, 0.29) is 10.7 Å². The molecule has 0 amide bonds. The summed E-state index contributed by atoms with van der Waals surface area (Å²) in [6.45, 7) is 1.59. The molecule has 0 saturated carbocycles. The van der Waals surface area contributed by atoms with Gasteiger partial charge < -0.3 is 5.73 Å². The molecule has 0 spiro atoms. The van der Waals surface area contributed by atoms with E-state index in [1.54, 1.807) is 31.2 Å². The molecular weight excluding hydrogens is 274 g/mol. The first-order valence-electron chi connectivity index (χ1n) is 6.15. The van der Waals surface area contributed by atoms with Gasteiger partial charge in [-0.2, -0.15) is 4.31 Å². The first-order chi connectivity index (χ1) is 9.35. The zero-order valence-corrected chi connectivity index (χ0v) is 12.2. The van der Waals surface area contributed by atoms with Crippen LogP contribution in [-0.2, 0) is 10.0 Å². The lowest BCUT2D eigenvalue weighted by Crippen LogP contribution is -2.43. The van der Waals surface area contributed by atoms with Crippen LogP contribution in [-0.4, -0.2) is 31.6 Å². The van der Waals surface area contributed by atoms with Crippen molar-refractivity contribution in [3.05, 3.63) is 42.5 Å². The van der Waals surface area contributed by atoms with Crippen molar-refractivity contribution in [2.24, 2.45) is 5.73 Å². The van der Waals surface area contributed by atoms with Crippen LogP contribution in [0.2, 0.25) is 0 Å². The number of fused-ring (bicyclic) bond motifs is 1. The Morgan fingerprint density at radius 1 is 1.20 bits per heavy atom. The molecule has 0 aliphatic rings. The lowest BCUT2D eigenvalue weighted by Gasteiger charge is -2.23. The minimum Gasteiger partial charge on any atom is -0.386 e. The van der Waals surface area contributed by atoms with Crippen LogP contribution in [0.3, 0.4) is 0 Å². The fraction of sp³-hybridized carbons (Fsp3) is 0.214. The standard InChI is InChI=1S/C14H17N3O2S/c1-10(14(15)16)17(2)20(18,19)13-9-5-7-11-6-3-4-8-12(11)13/h3-10H,1-2H3,(H3,15,16). The molecule has 106 valence electrons. The van der Waals surface area contributed by atoms with E-state index in [0.717, 1.165) is 9.69 Å². The van der Waals surface area contributed by atoms with Gasteiger partial charge in [-0.05, 0) is 18.4 Å². The van der Waals surface area contributed by atoms with E-state index in [0.29, 0.717) is 5.39 Å². The van der Waals surface area contributed by atoms with Gasteiger partial charge in [0.05, 0.1) is 10.9 Å². The lowest BCUT2D eigenvalue weighted by molar-refractivity contribution is 0.449. The lowest BCUT2D eigenvalue weighted by atomic mass is 10.1. The highest BCUT2D eigenvalue weighted by atomic mass is 32.2. The predicted octanol–water partition coefficient (Wildman–Crippen LogP) is 1.78. The van der Waals surface area contributed by atoms with Crippen LogP contribution in [0.25, 0.3) is 10.8 Å². The third-order valence-corrected chi connectivity index (χ3v) is 5.39. The maximum Gasteiger partial charge on any atom is 0.244 e. The number of sulfonamides is 1. The van der Waals surface area contributed by atoms with E-state index < -0.39 is 16.1 Å². The van der Waals surface area contributed by atoms with Crippen molar-refractivity contribution in [3.63, 3.8) is 0 Å². The molecule has 2 aromatic rings. The van der Waals surface area contributed by atoms with Gasteiger partial charge in [0.25, 0.3) is 0 Å². The summed E-state index contributed by atoms with van der Waals surface area (Å²) < 4.78 is 26.5. The topological polar surface area (TPSA) is 87.2 Å². The van der Waals surface area contributed by atoms with Gasteiger partial charge in [0.2, 0.25) is 10.0 Å². The van der Waals surface area contributed by atoms with E-state index >= 15 is 0 Å². The maximum absolute atomic E-state index is 12.7. The maximum atomic E-state index is 12.7. The Balaban J connectivity index is 2.61. The first-order valence-corrected chi connectivity index (χ1v) is 7.59. The zero-order chi connectivity index (χ0) is 14.9. The highest BCUT2D eigenvalue weighted by Gasteiger charge is 2.28. The summed E-state index contributed by atoms with van der Waals surface area (Å²) in [6.07, 6.45) is 0. The second-order valence-corrected chi connectivity index (χ2v) is 6.60. The van der Waals surface area contributed by atoms with E-state index in [9.17, 15) is 8.42 Å². The quantitative estimate of drug-likeness (QED) is 0.665. The summed E-state index contributed by atoms with van der Waals surface area (Å²) >= 11 is 0. The van der Waals surface area contributed by atoms with Crippen LogP contribution in [0, 0.1) is 5.41 Å². The van der Waals surface area contributed by atoms with Crippen LogP contribution in [0.15, 0.2) is 47.4 Å². The highest BCUT2D eigenvalue weighted by Crippen LogP contribution is 2.25. The van der Waals surface area contributed by atoms with Gasteiger partial charge in [0.1, 0.15) is 5.84 Å². The minimum atomic E-state index is -3.70. The van der Waals surface area contributed by atoms with Crippen molar-refractivity contribution < 1.29 is 8.42 Å². The monoisotopic (exact) mass is 291 g/mol. The second kappa shape index (κ2) is 5.22. The first kappa shape index (κ1) is 14.5. The van der Waals surface area contributed by atoms with Crippen LogP contribution in [0.4, 0.5) is 0 Å². The number of benzene rings is 2. The Labute approximate surface area is 118 Å². The molecule has 20 heavy (non-hydrogen) atoms. The molecule has 0 aromatic heterocycles. The Morgan fingerprint density at radius 2 is 1.80 bits per heavy atom. The van der Waals surface area contributed by atoms with Crippen molar-refractivity contribution in [1.29, 1.82) is 5.41 Å². The van der Waals surface area contributed by atoms with Crippen LogP contribution >= 0.6 is 0 Å². The number of hydrogen-bond acceptors (Lipinski definition) is 3. The average Bonchev–Trinajstić information content (AvgIpc) is 2.44. The number of nitrogens with zero attached hydrogens (tertiary/aromatic N) is 1. The Morgan fingerprint density at radius 3 is 2.45 bits per heavy atom. The molecule has 1 unspecified atom stereocenters. The highest BCUT2D eigenvalue weighted by molar-refractivity contribution is 7.89. The van der Waals surface area contributed by atoms with E-state index in [1.807, 2.05) is 18.2 Å². The summed E-state index contributed by atoms with van der Waals surface area (Å²) in [6, 6.07) is 11.8. The number of amidine groups is 1. The van der Waals surface area contributed by atoms with Gasteiger partial charge in [-0.3, -0.25) is 5.41 Å². The largest absolute Gasteiger partial charge is 0.386 e. The molecule has 6 heteroatoms. The number of nitrogens with one attached hydrogen (secondary N) is 1. The van der Waals surface area contributed by atoms with E-state index in [1.165, 1.54) is 7.05 Å². The van der Waals surface area contributed by atoms with Crippen LogP contribution in [0.1, 0.15) is 6.92 Å². The molecule has 0 radical (unpaired) electrons. The summed E-state index contributed by atoms with van der Waals surface area (Å²) in [5.41, 5.74) is 5.40. The number of hydrogen-bond donors (Lipinski definition) is 2. The molecule has 0 saturated heterocycles. The molecule has 0 aliphatic carbocycles. The van der Waals surface area contributed by atoms with E-state index in [2.05, 4.69) is 0 Å². The molecule has 2 aromatic carbocycles. The van der Waals surface area contributed by atoms with Crippen molar-refractivity contribution in [3.8, 4) is 0 Å². The molecular formula is C14H17N3O2S. The van der Waals surface area contributed by atoms with E-state index in [4.69, 9.17) is 11.1 Å². The van der Waals surface area contributed by atoms with Gasteiger partial charge in [-0.25, -0.2) is 8.42 Å². The normalized spacial score (nSPS) is 13.6. The number of likely N-dealkylation sites (N-methyl/N-ethyl adjacent to an activating group) is 1. The number of rotatable bonds is 4. The van der Waals surface area contributed by atoms with Crippen LogP contribution < -0.4 is 5.73 Å². The summed E-state index contributed by atoms with van der Waals surface area (Å²) in [4.78, 5) is 0.228. The van der Waals surface area contributed by atoms with Gasteiger partial charge in [0.15, 0.2) is 0 Å². The van der Waals surface area contributed by atoms with Crippen molar-refractivity contribution in [2.45, 2.75) is 17.9 Å². The van der Waals surface area contributed by atoms with Crippen molar-refractivity contribution in [1.82, 2.24) is 4.31 Å². The Bertz CT molecular complexity index is 751. The second-order valence-electron chi connectivity index (χ2n) is 4.63. The van der Waals surface area contributed by atoms with Crippen molar-refractivity contribution >= 4 is 26.6 Å². The average molecular weight is 291 g/mol. The van der Waals surface area contributed by atoms with Crippen LogP contribution in [0.5, 0.6) is 0 Å². The summed E-state index contributed by atoms with van der Waals surface area (Å²) in [5, 5.41) is 8.93. The summed E-state index contributed by atoms with van der Waals surface area (Å²) in [7, 11) is -2.26. The molecule has 0 aliphatic heterocycles. The van der Waals surface area contributed by atoms with Gasteiger partial charge in [-0.1, -0.05) is 36.4 Å².